The minimum atomic E-state index is -0.670. The summed E-state index contributed by atoms with van der Waals surface area (Å²) >= 11 is 5.33. The molecule has 0 bridgehead atoms. The van der Waals surface area contributed by atoms with Crippen LogP contribution in [-0.4, -0.2) is 12.6 Å². The summed E-state index contributed by atoms with van der Waals surface area (Å²) in [5.74, 6) is -0.670. The Bertz CT molecular complexity index is 208. The van der Waals surface area contributed by atoms with Crippen LogP contribution < -0.4 is 5.73 Å². The zero-order valence-corrected chi connectivity index (χ0v) is 6.06. The van der Waals surface area contributed by atoms with E-state index in [1.165, 1.54) is 6.08 Å². The lowest BCUT2D eigenvalue weighted by atomic mass is 10.4. The largest absolute Gasteiger partial charge is 0.364 e. The highest BCUT2D eigenvalue weighted by molar-refractivity contribution is 6.31. The highest BCUT2D eigenvalue weighted by Crippen LogP contribution is 2.04. The molecule has 0 fully saturated rings. The summed E-state index contributed by atoms with van der Waals surface area (Å²) in [5.41, 5.74) is 4.87. The van der Waals surface area contributed by atoms with Crippen molar-refractivity contribution < 1.29 is 4.79 Å². The van der Waals surface area contributed by atoms with E-state index in [0.717, 1.165) is 0 Å². The number of aliphatic imine (C=N–C) groups is 1. The van der Waals surface area contributed by atoms with Crippen molar-refractivity contribution in [1.82, 2.24) is 0 Å². The zero-order chi connectivity index (χ0) is 8.15. The number of primary amides is 1. The number of nitrogens with zero attached hydrogens (tertiary/aromatic N) is 1. The van der Waals surface area contributed by atoms with Crippen molar-refractivity contribution in [2.24, 2.45) is 10.7 Å². The van der Waals surface area contributed by atoms with E-state index in [2.05, 4.69) is 18.3 Å². The van der Waals surface area contributed by atoms with E-state index < -0.39 is 5.91 Å². The first-order chi connectivity index (χ1) is 4.57. The average molecular weight is 159 g/mol. The Morgan fingerprint density at radius 3 is 2.30 bits per heavy atom. The van der Waals surface area contributed by atoms with Gasteiger partial charge in [-0.2, -0.15) is 0 Å². The fourth-order valence-corrected chi connectivity index (χ4v) is 0.446. The number of carbonyl (C=O) groups excluding carboxylic acids is 1. The van der Waals surface area contributed by atoms with Crippen molar-refractivity contribution in [2.75, 3.05) is 0 Å². The molecule has 1 amide bonds. The fraction of sp³-hybridized carbons (Fsp3) is 0. The average Bonchev–Trinajstić information content (AvgIpc) is 1.81. The number of rotatable bonds is 3. The van der Waals surface area contributed by atoms with Gasteiger partial charge in [-0.1, -0.05) is 18.2 Å². The first kappa shape index (κ1) is 8.91. The van der Waals surface area contributed by atoms with Gasteiger partial charge in [0, 0.05) is 5.03 Å². The molecular weight excluding hydrogens is 152 g/mol. The van der Waals surface area contributed by atoms with Crippen LogP contribution in [0.4, 0.5) is 0 Å². The molecule has 54 valence electrons. The van der Waals surface area contributed by atoms with Gasteiger partial charge in [-0.3, -0.25) is 9.79 Å². The Hall–Kier alpha value is -1.09. The predicted molar refractivity (Wildman–Crippen MR) is 41.8 cm³/mol. The van der Waals surface area contributed by atoms with E-state index in [-0.39, 0.29) is 10.7 Å². The number of hydrogen-bond donors (Lipinski definition) is 1. The normalized spacial score (nSPS) is 10.7. The first-order valence-electron chi connectivity index (χ1n) is 2.40. The molecule has 0 aromatic carbocycles. The van der Waals surface area contributed by atoms with Gasteiger partial charge in [0.05, 0.1) is 0 Å². The lowest BCUT2D eigenvalue weighted by molar-refractivity contribution is -0.114. The van der Waals surface area contributed by atoms with Gasteiger partial charge in [-0.25, -0.2) is 0 Å². The molecule has 3 nitrogen and oxygen atoms in total. The lowest BCUT2D eigenvalue weighted by Crippen LogP contribution is -2.12. The van der Waals surface area contributed by atoms with Crippen LogP contribution >= 0.6 is 11.6 Å². The lowest BCUT2D eigenvalue weighted by Gasteiger charge is -1.91. The molecule has 0 spiro atoms. The van der Waals surface area contributed by atoms with Crippen LogP contribution in [0, 0.1) is 0 Å². The van der Waals surface area contributed by atoms with Gasteiger partial charge in [0.1, 0.15) is 5.70 Å². The third-order valence-corrected chi connectivity index (χ3v) is 0.825. The summed E-state index contributed by atoms with van der Waals surface area (Å²) in [6.45, 7) is 6.44. The summed E-state index contributed by atoms with van der Waals surface area (Å²) in [4.78, 5) is 13.7. The molecule has 0 aliphatic rings. The van der Waals surface area contributed by atoms with Gasteiger partial charge in [0.25, 0.3) is 5.91 Å². The predicted octanol–water partition coefficient (Wildman–Crippen LogP) is 0.809. The second-order valence-corrected chi connectivity index (χ2v) is 1.98. The molecule has 2 N–H and O–H groups in total. The second-order valence-electron chi connectivity index (χ2n) is 1.50. The van der Waals surface area contributed by atoms with Gasteiger partial charge in [0.15, 0.2) is 0 Å². The maximum Gasteiger partial charge on any atom is 0.267 e. The monoisotopic (exact) mass is 158 g/mol. The summed E-state index contributed by atoms with van der Waals surface area (Å²) < 4.78 is 0. The fourth-order valence-electron chi connectivity index (χ4n) is 0.343. The Balaban J connectivity index is 4.49. The Morgan fingerprint density at radius 1 is 1.70 bits per heavy atom. The van der Waals surface area contributed by atoms with E-state index in [1.807, 2.05) is 0 Å². The van der Waals surface area contributed by atoms with E-state index >= 15 is 0 Å². The van der Waals surface area contributed by atoms with Gasteiger partial charge >= 0.3 is 0 Å². The highest BCUT2D eigenvalue weighted by atomic mass is 35.5. The zero-order valence-electron chi connectivity index (χ0n) is 5.30. The van der Waals surface area contributed by atoms with Crippen LogP contribution in [0.5, 0.6) is 0 Å². The van der Waals surface area contributed by atoms with Crippen molar-refractivity contribution in [3.8, 4) is 0 Å². The van der Waals surface area contributed by atoms with Crippen LogP contribution in [0.2, 0.25) is 0 Å². The van der Waals surface area contributed by atoms with E-state index in [9.17, 15) is 4.79 Å². The summed E-state index contributed by atoms with van der Waals surface area (Å²) in [6, 6.07) is 0. The SMILES string of the molecule is C=N/C(=C\C(=C)Cl)C(N)=O. The van der Waals surface area contributed by atoms with E-state index in [4.69, 9.17) is 17.3 Å². The smallest absolute Gasteiger partial charge is 0.267 e. The number of nitrogens with two attached hydrogens (primary N) is 1. The topological polar surface area (TPSA) is 55.4 Å². The van der Waals surface area contributed by atoms with Crippen LogP contribution in [0.3, 0.4) is 0 Å². The molecule has 0 aromatic heterocycles. The third-order valence-electron chi connectivity index (χ3n) is 0.716. The summed E-state index contributed by atoms with van der Waals surface area (Å²) in [7, 11) is 0. The van der Waals surface area contributed by atoms with Crippen LogP contribution in [-0.2, 0) is 4.79 Å². The van der Waals surface area contributed by atoms with E-state index in [1.54, 1.807) is 0 Å². The number of halogens is 1. The Kier molecular flexibility index (Phi) is 3.43. The Morgan fingerprint density at radius 2 is 2.20 bits per heavy atom. The molecule has 0 heterocycles. The highest BCUT2D eigenvalue weighted by Gasteiger charge is 1.99. The quantitative estimate of drug-likeness (QED) is 0.369. The molecule has 0 unspecified atom stereocenters. The van der Waals surface area contributed by atoms with Gasteiger partial charge in [0.2, 0.25) is 0 Å². The van der Waals surface area contributed by atoms with Crippen molar-refractivity contribution in [3.05, 3.63) is 23.4 Å². The van der Waals surface area contributed by atoms with Crippen molar-refractivity contribution in [3.63, 3.8) is 0 Å². The molecule has 0 radical (unpaired) electrons. The van der Waals surface area contributed by atoms with Gasteiger partial charge in [-0.05, 0) is 12.8 Å². The van der Waals surface area contributed by atoms with Crippen molar-refractivity contribution in [2.45, 2.75) is 0 Å². The second kappa shape index (κ2) is 3.85. The molecule has 10 heavy (non-hydrogen) atoms. The number of carbonyl (C=O) groups is 1. The van der Waals surface area contributed by atoms with Crippen LogP contribution in [0.1, 0.15) is 0 Å². The molecular formula is C6H7ClN2O. The molecule has 0 atom stereocenters. The van der Waals surface area contributed by atoms with Gasteiger partial charge in [-0.15, -0.1) is 0 Å². The first-order valence-corrected chi connectivity index (χ1v) is 2.78. The molecule has 4 heteroatoms. The van der Waals surface area contributed by atoms with Gasteiger partial charge < -0.3 is 5.73 Å². The minimum absolute atomic E-state index is 0.0139. The van der Waals surface area contributed by atoms with Crippen molar-refractivity contribution >= 4 is 24.2 Å². The summed E-state index contributed by atoms with van der Waals surface area (Å²) in [6.07, 6.45) is 1.25. The van der Waals surface area contributed by atoms with Crippen LogP contribution in [0.15, 0.2) is 28.4 Å². The standard InChI is InChI=1S/C6H7ClN2O/c1-4(7)3-5(9-2)6(8)10/h3H,1-2H2,(H2,8,10)/b5-3-. The Labute approximate surface area is 63.9 Å². The third kappa shape index (κ3) is 3.04. The van der Waals surface area contributed by atoms with E-state index in [0.29, 0.717) is 0 Å². The minimum Gasteiger partial charge on any atom is -0.364 e. The number of amides is 1. The van der Waals surface area contributed by atoms with Crippen molar-refractivity contribution in [1.29, 1.82) is 0 Å². The molecule has 0 aliphatic heterocycles. The molecule has 0 aliphatic carbocycles. The van der Waals surface area contributed by atoms with Crippen LogP contribution in [0.25, 0.3) is 0 Å². The molecule has 0 rings (SSSR count). The number of hydrogen-bond acceptors (Lipinski definition) is 2. The molecule has 0 saturated heterocycles. The summed E-state index contributed by atoms with van der Waals surface area (Å²) in [5, 5.41) is 0.196. The molecule has 0 aromatic rings. The molecule has 0 saturated carbocycles. The maximum atomic E-state index is 10.4. The number of allylic oxidation sites excluding steroid dienone is 2. The maximum absolute atomic E-state index is 10.4.